The van der Waals surface area contributed by atoms with Crippen molar-refractivity contribution in [1.82, 2.24) is 9.88 Å². The summed E-state index contributed by atoms with van der Waals surface area (Å²) in [6, 6.07) is 22.9. The lowest BCUT2D eigenvalue weighted by molar-refractivity contribution is 0.0520. The molecule has 0 fully saturated rings. The fraction of sp³-hybridized carbons (Fsp3) is 0.200. The van der Waals surface area contributed by atoms with Crippen LogP contribution in [0.15, 0.2) is 82.4 Å². The number of hydrogen-bond acceptors (Lipinski definition) is 6. The predicted octanol–water partition coefficient (Wildman–Crippen LogP) is 5.03. The molecule has 5 rings (SSSR count). The Morgan fingerprint density at radius 1 is 1.03 bits per heavy atom. The van der Waals surface area contributed by atoms with Gasteiger partial charge in [0.2, 0.25) is 0 Å². The first-order valence-electron chi connectivity index (χ1n) is 10.4. The average molecular weight is 447 g/mol. The lowest BCUT2D eigenvalue weighted by Crippen LogP contribution is -2.42. The molecule has 0 radical (unpaired) electrons. The number of likely N-dealkylation sites (N-methyl/N-ethyl adjacent to an activating group) is 1. The van der Waals surface area contributed by atoms with Gasteiger partial charge in [0.15, 0.2) is 23.2 Å². The summed E-state index contributed by atoms with van der Waals surface area (Å²) in [6.07, 6.45) is -0.222. The Morgan fingerprint density at radius 2 is 1.78 bits per heavy atom. The lowest BCUT2D eigenvalue weighted by atomic mass is 10.1. The Balaban J connectivity index is 1.26. The van der Waals surface area contributed by atoms with Crippen LogP contribution in [-0.4, -0.2) is 42.1 Å². The highest BCUT2D eigenvalue weighted by atomic mass is 32.2. The van der Waals surface area contributed by atoms with Crippen molar-refractivity contribution in [2.75, 3.05) is 20.2 Å². The standard InChI is InChI=1S/C25H22N2O4S/c1-27(14-18-15-29-22-12-6-7-13-23(22)30-18)24(28)19-9-3-2-8-17(19)16-32-25-26-20-10-4-5-11-21(20)31-25/h2-13,18H,14-16H2,1H3. The quantitative estimate of drug-likeness (QED) is 0.387. The van der Waals surface area contributed by atoms with Gasteiger partial charge in [-0.2, -0.15) is 0 Å². The van der Waals surface area contributed by atoms with E-state index in [0.29, 0.717) is 35.4 Å². The van der Waals surface area contributed by atoms with Crippen molar-refractivity contribution in [3.8, 4) is 11.5 Å². The molecule has 32 heavy (non-hydrogen) atoms. The van der Waals surface area contributed by atoms with Gasteiger partial charge in [0, 0.05) is 18.4 Å². The molecule has 1 aliphatic heterocycles. The Kier molecular flexibility index (Phi) is 5.73. The van der Waals surface area contributed by atoms with Crippen LogP contribution in [0.3, 0.4) is 0 Å². The van der Waals surface area contributed by atoms with Crippen molar-refractivity contribution in [1.29, 1.82) is 0 Å². The number of ether oxygens (including phenoxy) is 2. The highest BCUT2D eigenvalue weighted by Crippen LogP contribution is 2.31. The molecule has 1 aliphatic rings. The smallest absolute Gasteiger partial charge is 0.257 e. The average Bonchev–Trinajstić information content (AvgIpc) is 3.25. The second-order valence-corrected chi connectivity index (χ2v) is 8.50. The molecule has 1 atom stereocenters. The highest BCUT2D eigenvalue weighted by Gasteiger charge is 2.25. The van der Waals surface area contributed by atoms with Crippen molar-refractivity contribution in [2.45, 2.75) is 17.1 Å². The maximum atomic E-state index is 13.2. The molecular weight excluding hydrogens is 424 g/mol. The fourth-order valence-corrected chi connectivity index (χ4v) is 4.50. The van der Waals surface area contributed by atoms with Crippen LogP contribution in [0.4, 0.5) is 0 Å². The van der Waals surface area contributed by atoms with Crippen LogP contribution in [0, 0.1) is 0 Å². The van der Waals surface area contributed by atoms with E-state index in [1.807, 2.05) is 72.8 Å². The first-order chi connectivity index (χ1) is 15.7. The molecule has 0 N–H and O–H groups in total. The van der Waals surface area contributed by atoms with Crippen LogP contribution < -0.4 is 9.47 Å². The van der Waals surface area contributed by atoms with Gasteiger partial charge in [-0.15, -0.1) is 0 Å². The van der Waals surface area contributed by atoms with Gasteiger partial charge in [0.25, 0.3) is 11.1 Å². The maximum Gasteiger partial charge on any atom is 0.257 e. The van der Waals surface area contributed by atoms with Crippen LogP contribution >= 0.6 is 11.8 Å². The molecule has 0 bridgehead atoms. The highest BCUT2D eigenvalue weighted by molar-refractivity contribution is 7.98. The Bertz CT molecular complexity index is 1220. The predicted molar refractivity (Wildman–Crippen MR) is 123 cm³/mol. The third kappa shape index (κ3) is 4.29. The monoisotopic (exact) mass is 446 g/mol. The number of carbonyl (C=O) groups is 1. The zero-order chi connectivity index (χ0) is 21.9. The third-order valence-corrected chi connectivity index (χ3v) is 6.14. The molecule has 0 saturated carbocycles. The minimum Gasteiger partial charge on any atom is -0.486 e. The van der Waals surface area contributed by atoms with E-state index in [9.17, 15) is 4.79 Å². The first kappa shape index (κ1) is 20.5. The molecule has 3 aromatic carbocycles. The van der Waals surface area contributed by atoms with Gasteiger partial charge in [0.05, 0.1) is 6.54 Å². The molecule has 1 aromatic heterocycles. The Labute approximate surface area is 190 Å². The molecule has 0 saturated heterocycles. The van der Waals surface area contributed by atoms with Crippen LogP contribution in [0.2, 0.25) is 0 Å². The number of nitrogens with zero attached hydrogens (tertiary/aromatic N) is 2. The molecule has 4 aromatic rings. The van der Waals surface area contributed by atoms with Crippen molar-refractivity contribution >= 4 is 28.8 Å². The number of thioether (sulfide) groups is 1. The van der Waals surface area contributed by atoms with Crippen molar-refractivity contribution in [2.24, 2.45) is 0 Å². The Morgan fingerprint density at radius 3 is 2.66 bits per heavy atom. The van der Waals surface area contributed by atoms with E-state index in [1.165, 1.54) is 11.8 Å². The SMILES string of the molecule is CN(CC1COc2ccccc2O1)C(=O)c1ccccc1CSc1nc2ccccc2o1. The first-order valence-corrected chi connectivity index (χ1v) is 11.4. The summed E-state index contributed by atoms with van der Waals surface area (Å²) < 4.78 is 17.6. The van der Waals surface area contributed by atoms with Crippen LogP contribution in [0.1, 0.15) is 15.9 Å². The normalized spacial score (nSPS) is 15.0. The van der Waals surface area contributed by atoms with Crippen molar-refractivity contribution < 1.29 is 18.7 Å². The van der Waals surface area contributed by atoms with E-state index in [1.54, 1.807) is 11.9 Å². The summed E-state index contributed by atoms with van der Waals surface area (Å²) in [5.74, 6) is 1.97. The number of oxazole rings is 1. The van der Waals surface area contributed by atoms with E-state index in [0.717, 1.165) is 22.4 Å². The number of fused-ring (bicyclic) bond motifs is 2. The topological polar surface area (TPSA) is 64.8 Å². The molecule has 1 unspecified atom stereocenters. The fourth-order valence-electron chi connectivity index (χ4n) is 3.65. The number of carbonyl (C=O) groups excluding carboxylic acids is 1. The minimum absolute atomic E-state index is 0.0544. The largest absolute Gasteiger partial charge is 0.486 e. The van der Waals surface area contributed by atoms with E-state index >= 15 is 0 Å². The zero-order valence-electron chi connectivity index (χ0n) is 17.6. The summed E-state index contributed by atoms with van der Waals surface area (Å²) in [5, 5.41) is 0.591. The maximum absolute atomic E-state index is 13.2. The summed E-state index contributed by atoms with van der Waals surface area (Å²) in [6.45, 7) is 0.837. The molecule has 6 nitrogen and oxygen atoms in total. The molecular formula is C25H22N2O4S. The van der Waals surface area contributed by atoms with Gasteiger partial charge in [-0.25, -0.2) is 4.98 Å². The van der Waals surface area contributed by atoms with Gasteiger partial charge in [-0.1, -0.05) is 54.2 Å². The van der Waals surface area contributed by atoms with E-state index in [4.69, 9.17) is 13.9 Å². The van der Waals surface area contributed by atoms with E-state index in [2.05, 4.69) is 4.98 Å². The number of rotatable bonds is 6. The van der Waals surface area contributed by atoms with Gasteiger partial charge in [-0.3, -0.25) is 4.79 Å². The number of aromatic nitrogens is 1. The second-order valence-electron chi connectivity index (χ2n) is 7.58. The van der Waals surface area contributed by atoms with Crippen LogP contribution in [0.25, 0.3) is 11.1 Å². The third-order valence-electron chi connectivity index (χ3n) is 5.26. The van der Waals surface area contributed by atoms with Gasteiger partial charge in [0.1, 0.15) is 12.1 Å². The van der Waals surface area contributed by atoms with Gasteiger partial charge >= 0.3 is 0 Å². The van der Waals surface area contributed by atoms with Gasteiger partial charge < -0.3 is 18.8 Å². The molecule has 0 aliphatic carbocycles. The summed E-state index contributed by atoms with van der Waals surface area (Å²) in [4.78, 5) is 19.4. The summed E-state index contributed by atoms with van der Waals surface area (Å²) in [7, 11) is 1.79. The summed E-state index contributed by atoms with van der Waals surface area (Å²) in [5.41, 5.74) is 3.18. The second kappa shape index (κ2) is 8.96. The van der Waals surface area contributed by atoms with Crippen molar-refractivity contribution in [3.05, 3.63) is 83.9 Å². The minimum atomic E-state index is -0.222. The molecule has 7 heteroatoms. The number of amides is 1. The van der Waals surface area contributed by atoms with Crippen molar-refractivity contribution in [3.63, 3.8) is 0 Å². The van der Waals surface area contributed by atoms with Gasteiger partial charge in [-0.05, 0) is 35.9 Å². The van der Waals surface area contributed by atoms with Crippen LogP contribution in [0.5, 0.6) is 11.5 Å². The number of para-hydroxylation sites is 4. The van der Waals surface area contributed by atoms with E-state index in [-0.39, 0.29) is 12.0 Å². The number of benzene rings is 3. The van der Waals surface area contributed by atoms with Crippen LogP contribution in [-0.2, 0) is 5.75 Å². The molecule has 0 spiro atoms. The lowest BCUT2D eigenvalue weighted by Gasteiger charge is -2.29. The van der Waals surface area contributed by atoms with E-state index < -0.39 is 0 Å². The molecule has 2 heterocycles. The summed E-state index contributed by atoms with van der Waals surface area (Å²) >= 11 is 1.48. The Hall–Kier alpha value is -3.45. The molecule has 162 valence electrons. The zero-order valence-corrected chi connectivity index (χ0v) is 18.4. The number of hydrogen-bond donors (Lipinski definition) is 0. The molecule has 1 amide bonds.